The Labute approximate surface area is 150 Å². The van der Waals surface area contributed by atoms with Crippen LogP contribution < -0.4 is 4.74 Å². The van der Waals surface area contributed by atoms with Gasteiger partial charge in [-0.25, -0.2) is 4.99 Å². The molecule has 1 aliphatic heterocycles. The number of hydrogen-bond acceptors (Lipinski definition) is 3. The average Bonchev–Trinajstić information content (AvgIpc) is 2.61. The minimum absolute atomic E-state index is 0.427. The number of hydrogen-bond donors (Lipinski definition) is 0. The lowest BCUT2D eigenvalue weighted by atomic mass is 9.71. The number of fused-ring (bicyclic) bond motifs is 1. The first-order valence-corrected chi connectivity index (χ1v) is 9.39. The van der Waals surface area contributed by atoms with E-state index in [1.807, 2.05) is 36.5 Å². The lowest BCUT2D eigenvalue weighted by Gasteiger charge is -2.47. The standard InChI is InChI=1S/C22H26N2O/c1-15(2)18-12-11-16(3)14-22(18)24-21(19-9-6-7-13-23-19)17-8-4-5-10-20(17)25-22/h4-10,13,15-16,18H,11-12,14H2,1-3H3/t16-,18+,22-/m0/s1. The fourth-order valence-corrected chi connectivity index (χ4v) is 4.45. The molecule has 0 amide bonds. The number of para-hydroxylation sites is 1. The Bertz CT molecular complexity index is 784. The molecule has 1 aromatic carbocycles. The Morgan fingerprint density at radius 1 is 1.08 bits per heavy atom. The molecule has 1 fully saturated rings. The van der Waals surface area contributed by atoms with Crippen LogP contribution in [0, 0.1) is 17.8 Å². The quantitative estimate of drug-likeness (QED) is 0.766. The van der Waals surface area contributed by atoms with Gasteiger partial charge in [0.25, 0.3) is 0 Å². The summed E-state index contributed by atoms with van der Waals surface area (Å²) in [5.74, 6) is 2.52. The average molecular weight is 334 g/mol. The Morgan fingerprint density at radius 2 is 1.88 bits per heavy atom. The van der Waals surface area contributed by atoms with Crippen LogP contribution in [-0.4, -0.2) is 16.4 Å². The summed E-state index contributed by atoms with van der Waals surface area (Å²) in [6.45, 7) is 6.91. The largest absolute Gasteiger partial charge is 0.465 e. The first-order chi connectivity index (χ1) is 12.1. The van der Waals surface area contributed by atoms with Crippen LogP contribution in [0.5, 0.6) is 5.75 Å². The van der Waals surface area contributed by atoms with Gasteiger partial charge in [0.15, 0.2) is 0 Å². The van der Waals surface area contributed by atoms with Crippen molar-refractivity contribution in [1.29, 1.82) is 0 Å². The van der Waals surface area contributed by atoms with Crippen LogP contribution in [0.1, 0.15) is 51.3 Å². The second-order valence-electron chi connectivity index (χ2n) is 7.86. The molecule has 1 aromatic heterocycles. The molecule has 2 aliphatic rings. The van der Waals surface area contributed by atoms with Crippen molar-refractivity contribution in [2.75, 3.05) is 0 Å². The molecule has 3 atom stereocenters. The van der Waals surface area contributed by atoms with Crippen molar-refractivity contribution in [3.05, 3.63) is 59.9 Å². The fraction of sp³-hybridized carbons (Fsp3) is 0.455. The fourth-order valence-electron chi connectivity index (χ4n) is 4.45. The summed E-state index contributed by atoms with van der Waals surface area (Å²) in [5, 5.41) is 0. The first kappa shape index (κ1) is 16.3. The van der Waals surface area contributed by atoms with Crippen LogP contribution in [-0.2, 0) is 0 Å². The van der Waals surface area contributed by atoms with Crippen LogP contribution in [0.2, 0.25) is 0 Å². The van der Waals surface area contributed by atoms with Crippen LogP contribution >= 0.6 is 0 Å². The summed E-state index contributed by atoms with van der Waals surface area (Å²) in [7, 11) is 0. The minimum Gasteiger partial charge on any atom is -0.465 e. The van der Waals surface area contributed by atoms with Crippen LogP contribution in [0.4, 0.5) is 0 Å². The number of pyridine rings is 1. The van der Waals surface area contributed by atoms with Gasteiger partial charge in [0.2, 0.25) is 5.72 Å². The molecule has 25 heavy (non-hydrogen) atoms. The van der Waals surface area contributed by atoms with Gasteiger partial charge >= 0.3 is 0 Å². The molecule has 1 aliphatic carbocycles. The number of nitrogens with zero attached hydrogens (tertiary/aromatic N) is 2. The van der Waals surface area contributed by atoms with Gasteiger partial charge < -0.3 is 4.74 Å². The highest BCUT2D eigenvalue weighted by molar-refractivity contribution is 6.14. The number of benzene rings is 1. The predicted octanol–water partition coefficient (Wildman–Crippen LogP) is 5.10. The Kier molecular flexibility index (Phi) is 4.10. The molecule has 130 valence electrons. The lowest BCUT2D eigenvalue weighted by molar-refractivity contribution is -0.0538. The predicted molar refractivity (Wildman–Crippen MR) is 101 cm³/mol. The molecule has 0 saturated heterocycles. The van der Waals surface area contributed by atoms with Crippen molar-refractivity contribution in [2.24, 2.45) is 22.7 Å². The number of aromatic nitrogens is 1. The highest BCUT2D eigenvalue weighted by Gasteiger charge is 2.49. The molecule has 2 heterocycles. The summed E-state index contributed by atoms with van der Waals surface area (Å²) in [5.41, 5.74) is 2.49. The van der Waals surface area contributed by atoms with E-state index in [1.54, 1.807) is 0 Å². The van der Waals surface area contributed by atoms with E-state index in [2.05, 4.69) is 37.9 Å². The molecule has 1 saturated carbocycles. The molecule has 0 radical (unpaired) electrons. The van der Waals surface area contributed by atoms with Crippen LogP contribution in [0.15, 0.2) is 53.7 Å². The maximum Gasteiger partial charge on any atom is 0.204 e. The molecular formula is C22H26N2O. The van der Waals surface area contributed by atoms with Crippen molar-refractivity contribution in [3.63, 3.8) is 0 Å². The molecule has 3 heteroatoms. The highest BCUT2D eigenvalue weighted by atomic mass is 16.5. The van der Waals surface area contributed by atoms with E-state index in [9.17, 15) is 0 Å². The van der Waals surface area contributed by atoms with Crippen LogP contribution in [0.25, 0.3) is 0 Å². The van der Waals surface area contributed by atoms with E-state index in [1.165, 1.54) is 12.8 Å². The maximum atomic E-state index is 6.64. The van der Waals surface area contributed by atoms with Gasteiger partial charge in [0, 0.05) is 24.1 Å². The van der Waals surface area contributed by atoms with Gasteiger partial charge in [-0.3, -0.25) is 4.98 Å². The summed E-state index contributed by atoms with van der Waals surface area (Å²) >= 11 is 0. The van der Waals surface area contributed by atoms with Gasteiger partial charge in [0.1, 0.15) is 5.75 Å². The molecule has 1 spiro atoms. The molecular weight excluding hydrogens is 308 g/mol. The van der Waals surface area contributed by atoms with Gasteiger partial charge in [0.05, 0.1) is 11.4 Å². The third-order valence-corrected chi connectivity index (χ3v) is 5.63. The first-order valence-electron chi connectivity index (χ1n) is 9.39. The topological polar surface area (TPSA) is 34.5 Å². The molecule has 0 N–H and O–H groups in total. The second-order valence-corrected chi connectivity index (χ2v) is 7.86. The Hall–Kier alpha value is -2.16. The van der Waals surface area contributed by atoms with Crippen molar-refractivity contribution in [3.8, 4) is 5.75 Å². The van der Waals surface area contributed by atoms with Crippen molar-refractivity contribution < 1.29 is 4.74 Å². The Morgan fingerprint density at radius 3 is 2.64 bits per heavy atom. The second kappa shape index (κ2) is 6.29. The number of aliphatic imine (C=N–C) groups is 1. The van der Waals surface area contributed by atoms with E-state index in [-0.39, 0.29) is 0 Å². The summed E-state index contributed by atoms with van der Waals surface area (Å²) < 4.78 is 6.64. The van der Waals surface area contributed by atoms with Gasteiger partial charge in [-0.2, -0.15) is 0 Å². The van der Waals surface area contributed by atoms with E-state index >= 15 is 0 Å². The minimum atomic E-state index is -0.465. The summed E-state index contributed by atoms with van der Waals surface area (Å²) in [6, 6.07) is 14.3. The number of rotatable bonds is 2. The normalized spacial score (nSPS) is 28.4. The van der Waals surface area contributed by atoms with E-state index < -0.39 is 5.72 Å². The SMILES string of the molecule is CC(C)[C@H]1CC[C@H](C)C[C@@]12N=C(c1ccccn1)c1ccccc1O2. The van der Waals surface area contributed by atoms with Crippen molar-refractivity contribution >= 4 is 5.71 Å². The van der Waals surface area contributed by atoms with E-state index in [0.29, 0.717) is 17.8 Å². The zero-order valence-corrected chi connectivity index (χ0v) is 15.3. The van der Waals surface area contributed by atoms with Gasteiger partial charge in [-0.15, -0.1) is 0 Å². The molecule has 2 aromatic rings. The van der Waals surface area contributed by atoms with E-state index in [4.69, 9.17) is 9.73 Å². The maximum absolute atomic E-state index is 6.64. The monoisotopic (exact) mass is 334 g/mol. The number of ether oxygens (including phenoxy) is 1. The lowest BCUT2D eigenvalue weighted by Crippen LogP contribution is -2.51. The molecule has 4 rings (SSSR count). The molecule has 0 bridgehead atoms. The highest BCUT2D eigenvalue weighted by Crippen LogP contribution is 2.47. The molecule has 3 nitrogen and oxygen atoms in total. The zero-order valence-electron chi connectivity index (χ0n) is 15.3. The van der Waals surface area contributed by atoms with Gasteiger partial charge in [-0.1, -0.05) is 39.0 Å². The third kappa shape index (κ3) is 2.86. The van der Waals surface area contributed by atoms with Crippen molar-refractivity contribution in [1.82, 2.24) is 4.98 Å². The summed E-state index contributed by atoms with van der Waals surface area (Å²) in [6.07, 6.45) is 5.23. The van der Waals surface area contributed by atoms with Gasteiger partial charge in [-0.05, 0) is 48.9 Å². The third-order valence-electron chi connectivity index (χ3n) is 5.63. The van der Waals surface area contributed by atoms with E-state index in [0.717, 1.165) is 29.1 Å². The smallest absolute Gasteiger partial charge is 0.204 e. The zero-order chi connectivity index (χ0) is 17.4. The summed E-state index contributed by atoms with van der Waals surface area (Å²) in [4.78, 5) is 9.85. The Balaban J connectivity index is 1.90. The molecule has 0 unspecified atom stereocenters. The van der Waals surface area contributed by atoms with Crippen LogP contribution in [0.3, 0.4) is 0 Å². The van der Waals surface area contributed by atoms with Crippen molar-refractivity contribution in [2.45, 2.75) is 45.8 Å².